The molecule has 0 bridgehead atoms. The highest BCUT2D eigenvalue weighted by Gasteiger charge is 2.23. The molecule has 1 fully saturated rings. The highest BCUT2D eigenvalue weighted by molar-refractivity contribution is 6.02. The third kappa shape index (κ3) is 3.42. The number of hydrogen-bond acceptors (Lipinski definition) is 4. The predicted octanol–water partition coefficient (Wildman–Crippen LogP) is 4.25. The van der Waals surface area contributed by atoms with Crippen molar-refractivity contribution in [1.29, 1.82) is 0 Å². The SMILES string of the molecule is Cc1c(C(N)=O)c(-c2ccc(N3CCCC3)cc2)c(C)n1Cc1ccc2c(c1)OCO2. The number of hydrogen-bond donors (Lipinski definition) is 1. The van der Waals surface area contributed by atoms with Crippen molar-refractivity contribution < 1.29 is 14.3 Å². The summed E-state index contributed by atoms with van der Waals surface area (Å²) in [5.74, 6) is 1.12. The minimum atomic E-state index is -0.399. The van der Waals surface area contributed by atoms with Gasteiger partial charge in [0, 0.05) is 42.3 Å². The van der Waals surface area contributed by atoms with Crippen LogP contribution in [0, 0.1) is 13.8 Å². The fraction of sp³-hybridized carbons (Fsp3) is 0.320. The Labute approximate surface area is 182 Å². The molecule has 6 nitrogen and oxygen atoms in total. The Kier molecular flexibility index (Phi) is 4.85. The predicted molar refractivity (Wildman–Crippen MR) is 121 cm³/mol. The zero-order valence-electron chi connectivity index (χ0n) is 18.0. The minimum Gasteiger partial charge on any atom is -0.454 e. The Morgan fingerprint density at radius 3 is 2.39 bits per heavy atom. The Hall–Kier alpha value is -3.41. The third-order valence-corrected chi connectivity index (χ3v) is 6.43. The number of ether oxygens (including phenoxy) is 2. The lowest BCUT2D eigenvalue weighted by molar-refractivity contribution is 0.1000. The molecule has 3 aromatic rings. The van der Waals surface area contributed by atoms with Crippen molar-refractivity contribution in [2.45, 2.75) is 33.2 Å². The number of carbonyl (C=O) groups is 1. The van der Waals surface area contributed by atoms with Gasteiger partial charge in [-0.25, -0.2) is 0 Å². The van der Waals surface area contributed by atoms with Gasteiger partial charge in [0.15, 0.2) is 11.5 Å². The maximum Gasteiger partial charge on any atom is 0.251 e. The number of nitrogens with zero attached hydrogens (tertiary/aromatic N) is 2. The summed E-state index contributed by atoms with van der Waals surface area (Å²) in [7, 11) is 0. The molecule has 2 aromatic carbocycles. The van der Waals surface area contributed by atoms with E-state index in [1.54, 1.807) is 0 Å². The van der Waals surface area contributed by atoms with Crippen LogP contribution >= 0.6 is 0 Å². The molecular formula is C25H27N3O3. The van der Waals surface area contributed by atoms with Crippen LogP contribution < -0.4 is 20.1 Å². The van der Waals surface area contributed by atoms with Gasteiger partial charge in [-0.3, -0.25) is 4.79 Å². The van der Waals surface area contributed by atoms with Gasteiger partial charge in [0.2, 0.25) is 6.79 Å². The largest absolute Gasteiger partial charge is 0.454 e. The van der Waals surface area contributed by atoms with Gasteiger partial charge in [0.1, 0.15) is 0 Å². The van der Waals surface area contributed by atoms with E-state index in [0.717, 1.165) is 52.7 Å². The van der Waals surface area contributed by atoms with E-state index in [2.05, 4.69) is 40.7 Å². The van der Waals surface area contributed by atoms with Crippen LogP contribution in [-0.2, 0) is 6.54 Å². The molecule has 2 N–H and O–H groups in total. The summed E-state index contributed by atoms with van der Waals surface area (Å²) in [6.45, 7) is 7.11. The van der Waals surface area contributed by atoms with E-state index in [1.165, 1.54) is 18.5 Å². The van der Waals surface area contributed by atoms with E-state index < -0.39 is 5.91 Å². The molecule has 6 heteroatoms. The van der Waals surface area contributed by atoms with Crippen molar-refractivity contribution >= 4 is 11.6 Å². The molecule has 0 aliphatic carbocycles. The lowest BCUT2D eigenvalue weighted by atomic mass is 9.99. The smallest absolute Gasteiger partial charge is 0.251 e. The molecule has 1 amide bonds. The van der Waals surface area contributed by atoms with Crippen molar-refractivity contribution in [3.8, 4) is 22.6 Å². The average molecular weight is 418 g/mol. The molecule has 2 aliphatic rings. The summed E-state index contributed by atoms with van der Waals surface area (Å²) in [5, 5.41) is 0. The monoisotopic (exact) mass is 417 g/mol. The first-order valence-electron chi connectivity index (χ1n) is 10.8. The standard InChI is InChI=1S/C25H27N3O3/c1-16-23(19-6-8-20(9-7-19)27-11-3-4-12-27)24(25(26)29)17(2)28(16)14-18-5-10-21-22(13-18)31-15-30-21/h5-10,13H,3-4,11-12,14-15H2,1-2H3,(H2,26,29). The van der Waals surface area contributed by atoms with Crippen molar-refractivity contribution in [3.05, 3.63) is 65.0 Å². The zero-order chi connectivity index (χ0) is 21.5. The summed E-state index contributed by atoms with van der Waals surface area (Å²) in [5.41, 5.74) is 12.6. The van der Waals surface area contributed by atoms with Gasteiger partial charge in [0.05, 0.1) is 5.56 Å². The number of benzene rings is 2. The van der Waals surface area contributed by atoms with Crippen molar-refractivity contribution in [3.63, 3.8) is 0 Å². The van der Waals surface area contributed by atoms with Crippen LogP contribution in [0.15, 0.2) is 42.5 Å². The molecule has 3 heterocycles. The van der Waals surface area contributed by atoms with Gasteiger partial charge >= 0.3 is 0 Å². The maximum atomic E-state index is 12.4. The van der Waals surface area contributed by atoms with E-state index in [9.17, 15) is 4.79 Å². The Morgan fingerprint density at radius 2 is 1.68 bits per heavy atom. The lowest BCUT2D eigenvalue weighted by Gasteiger charge is -2.18. The first-order chi connectivity index (χ1) is 15.0. The first kappa shape index (κ1) is 19.5. The molecule has 1 saturated heterocycles. The van der Waals surface area contributed by atoms with Crippen molar-refractivity contribution in [2.24, 2.45) is 5.73 Å². The second-order valence-electron chi connectivity index (χ2n) is 8.30. The number of carbonyl (C=O) groups excluding carboxylic acids is 1. The first-order valence-corrected chi connectivity index (χ1v) is 10.8. The minimum absolute atomic E-state index is 0.254. The number of anilines is 1. The fourth-order valence-corrected chi connectivity index (χ4v) is 4.81. The molecule has 0 saturated carbocycles. The number of fused-ring (bicyclic) bond motifs is 1. The fourth-order valence-electron chi connectivity index (χ4n) is 4.81. The van der Waals surface area contributed by atoms with E-state index >= 15 is 0 Å². The summed E-state index contributed by atoms with van der Waals surface area (Å²) in [6.07, 6.45) is 2.49. The normalized spacial score (nSPS) is 15.0. The topological polar surface area (TPSA) is 69.7 Å². The molecule has 2 aliphatic heterocycles. The van der Waals surface area contributed by atoms with Crippen LogP contribution in [-0.4, -0.2) is 30.4 Å². The molecule has 0 unspecified atom stereocenters. The molecule has 0 radical (unpaired) electrons. The van der Waals surface area contributed by atoms with Crippen LogP contribution in [0.2, 0.25) is 0 Å². The van der Waals surface area contributed by atoms with Crippen LogP contribution in [0.25, 0.3) is 11.1 Å². The van der Waals surface area contributed by atoms with Crippen LogP contribution in [0.5, 0.6) is 11.5 Å². The van der Waals surface area contributed by atoms with Gasteiger partial charge in [-0.1, -0.05) is 18.2 Å². The Morgan fingerprint density at radius 1 is 0.968 bits per heavy atom. The van der Waals surface area contributed by atoms with Crippen molar-refractivity contribution in [1.82, 2.24) is 4.57 Å². The molecular weight excluding hydrogens is 390 g/mol. The quantitative estimate of drug-likeness (QED) is 0.674. The molecule has 160 valence electrons. The lowest BCUT2D eigenvalue weighted by Crippen LogP contribution is -2.17. The van der Waals surface area contributed by atoms with Gasteiger partial charge in [-0.2, -0.15) is 0 Å². The number of aromatic nitrogens is 1. The number of nitrogens with two attached hydrogens (primary N) is 1. The summed E-state index contributed by atoms with van der Waals surface area (Å²) >= 11 is 0. The van der Waals surface area contributed by atoms with Crippen molar-refractivity contribution in [2.75, 3.05) is 24.8 Å². The van der Waals surface area contributed by atoms with E-state index in [1.807, 2.05) is 25.1 Å². The Balaban J connectivity index is 1.52. The number of amides is 1. The van der Waals surface area contributed by atoms with Crippen LogP contribution in [0.1, 0.15) is 40.2 Å². The van der Waals surface area contributed by atoms with E-state index in [4.69, 9.17) is 15.2 Å². The maximum absolute atomic E-state index is 12.4. The average Bonchev–Trinajstić information content (AvgIpc) is 3.50. The summed E-state index contributed by atoms with van der Waals surface area (Å²) < 4.78 is 13.1. The van der Waals surface area contributed by atoms with E-state index in [0.29, 0.717) is 12.1 Å². The number of primary amides is 1. The van der Waals surface area contributed by atoms with Crippen LogP contribution in [0.4, 0.5) is 5.69 Å². The van der Waals surface area contributed by atoms with Gasteiger partial charge in [0.25, 0.3) is 5.91 Å². The third-order valence-electron chi connectivity index (χ3n) is 6.43. The second-order valence-corrected chi connectivity index (χ2v) is 8.30. The van der Waals surface area contributed by atoms with E-state index in [-0.39, 0.29) is 6.79 Å². The van der Waals surface area contributed by atoms with Gasteiger partial charge in [-0.05, 0) is 62.1 Å². The van der Waals surface area contributed by atoms with Gasteiger partial charge in [-0.15, -0.1) is 0 Å². The molecule has 31 heavy (non-hydrogen) atoms. The number of rotatable bonds is 5. The highest BCUT2D eigenvalue weighted by Crippen LogP contribution is 2.36. The molecule has 0 atom stereocenters. The second kappa shape index (κ2) is 7.69. The van der Waals surface area contributed by atoms with Gasteiger partial charge < -0.3 is 24.7 Å². The summed E-state index contributed by atoms with van der Waals surface area (Å²) in [6, 6.07) is 14.5. The molecule has 5 rings (SSSR count). The summed E-state index contributed by atoms with van der Waals surface area (Å²) in [4.78, 5) is 14.8. The highest BCUT2D eigenvalue weighted by atomic mass is 16.7. The zero-order valence-corrected chi connectivity index (χ0v) is 18.0. The molecule has 0 spiro atoms. The Bertz CT molecular complexity index is 1140. The van der Waals surface area contributed by atoms with Crippen LogP contribution in [0.3, 0.4) is 0 Å². The molecule has 1 aromatic heterocycles.